The molecule has 0 amide bonds. The number of rotatable bonds is 6. The molecular formula is C19H26N2. The summed E-state index contributed by atoms with van der Waals surface area (Å²) in [5, 5.41) is 0. The van der Waals surface area contributed by atoms with Crippen molar-refractivity contribution in [2.75, 3.05) is 26.2 Å². The van der Waals surface area contributed by atoms with E-state index in [4.69, 9.17) is 0 Å². The van der Waals surface area contributed by atoms with E-state index in [9.17, 15) is 0 Å². The molecule has 0 bridgehead atoms. The molecule has 1 aromatic carbocycles. The zero-order valence-electron chi connectivity index (χ0n) is 13.5. The van der Waals surface area contributed by atoms with E-state index in [-0.39, 0.29) is 0 Å². The van der Waals surface area contributed by atoms with Gasteiger partial charge >= 0.3 is 0 Å². The summed E-state index contributed by atoms with van der Waals surface area (Å²) >= 11 is 0. The Morgan fingerprint density at radius 3 is 2.76 bits per heavy atom. The number of allylic oxidation sites excluding steroid dienone is 3. The van der Waals surface area contributed by atoms with E-state index in [1.165, 1.54) is 27.8 Å². The first kappa shape index (κ1) is 15.7. The molecule has 0 atom stereocenters. The van der Waals surface area contributed by atoms with Gasteiger partial charge in [-0.2, -0.15) is 0 Å². The summed E-state index contributed by atoms with van der Waals surface area (Å²) in [6.07, 6.45) is 5.16. The zero-order chi connectivity index (χ0) is 15.2. The molecule has 2 rings (SSSR count). The quantitative estimate of drug-likeness (QED) is 0.721. The van der Waals surface area contributed by atoms with Crippen LogP contribution in [0.2, 0.25) is 0 Å². The van der Waals surface area contributed by atoms with Crippen molar-refractivity contribution >= 4 is 11.8 Å². The van der Waals surface area contributed by atoms with Crippen molar-refractivity contribution in [3.8, 4) is 0 Å². The van der Waals surface area contributed by atoms with Gasteiger partial charge in [0.05, 0.1) is 6.54 Å². The standard InChI is InChI=1S/C19H26N2/c1-5-21(6-2)11-10-20-14-17-8-7-9-18-16(4)12-15(3)13-19(17)18/h7-9,12,14H,3,5-6,10-11,13H2,1-2,4H3/b20-14+. The molecule has 0 aromatic heterocycles. The third-order valence-corrected chi connectivity index (χ3v) is 4.13. The normalized spacial score (nSPS) is 14.7. The molecule has 2 nitrogen and oxygen atoms in total. The molecule has 1 aromatic rings. The molecule has 0 spiro atoms. The van der Waals surface area contributed by atoms with E-state index in [0.717, 1.165) is 32.6 Å². The van der Waals surface area contributed by atoms with Crippen LogP contribution in [0.1, 0.15) is 37.5 Å². The number of hydrogen-bond acceptors (Lipinski definition) is 2. The Hall–Kier alpha value is -1.67. The highest BCUT2D eigenvalue weighted by molar-refractivity contribution is 5.86. The van der Waals surface area contributed by atoms with Crippen molar-refractivity contribution < 1.29 is 0 Å². The van der Waals surface area contributed by atoms with E-state index in [1.54, 1.807) is 0 Å². The lowest BCUT2D eigenvalue weighted by Crippen LogP contribution is -2.25. The maximum absolute atomic E-state index is 4.62. The molecule has 0 aliphatic heterocycles. The van der Waals surface area contributed by atoms with Gasteiger partial charge in [0.1, 0.15) is 0 Å². The summed E-state index contributed by atoms with van der Waals surface area (Å²) in [6.45, 7) is 14.7. The summed E-state index contributed by atoms with van der Waals surface area (Å²) in [5.74, 6) is 0. The van der Waals surface area contributed by atoms with E-state index >= 15 is 0 Å². The Bertz CT molecular complexity index is 563. The van der Waals surface area contributed by atoms with Gasteiger partial charge in [-0.1, -0.05) is 50.3 Å². The number of fused-ring (bicyclic) bond motifs is 1. The molecule has 0 saturated heterocycles. The number of aliphatic imine (C=N–C) groups is 1. The lowest BCUT2D eigenvalue weighted by Gasteiger charge is -2.19. The Morgan fingerprint density at radius 1 is 1.29 bits per heavy atom. The highest BCUT2D eigenvalue weighted by atomic mass is 15.1. The molecule has 112 valence electrons. The fourth-order valence-corrected chi connectivity index (χ4v) is 2.86. The summed E-state index contributed by atoms with van der Waals surface area (Å²) in [6, 6.07) is 6.47. The highest BCUT2D eigenvalue weighted by Crippen LogP contribution is 2.29. The van der Waals surface area contributed by atoms with Crippen LogP contribution in [0.25, 0.3) is 5.57 Å². The van der Waals surface area contributed by atoms with Crippen LogP contribution in [0.4, 0.5) is 0 Å². The molecular weight excluding hydrogens is 256 g/mol. The molecule has 0 unspecified atom stereocenters. The molecule has 0 N–H and O–H groups in total. The first-order chi connectivity index (χ1) is 10.2. The van der Waals surface area contributed by atoms with Gasteiger partial charge in [0, 0.05) is 12.8 Å². The Kier molecular flexibility index (Phi) is 5.51. The minimum Gasteiger partial charge on any atom is -0.302 e. The molecule has 0 fully saturated rings. The van der Waals surface area contributed by atoms with Crippen molar-refractivity contribution in [2.45, 2.75) is 27.2 Å². The van der Waals surface area contributed by atoms with E-state index in [0.29, 0.717) is 0 Å². The third-order valence-electron chi connectivity index (χ3n) is 4.13. The van der Waals surface area contributed by atoms with Crippen LogP contribution >= 0.6 is 0 Å². The van der Waals surface area contributed by atoms with Crippen LogP contribution < -0.4 is 0 Å². The predicted octanol–water partition coefficient (Wildman–Crippen LogP) is 3.96. The van der Waals surface area contributed by atoms with Crippen LogP contribution in [0.5, 0.6) is 0 Å². The fraction of sp³-hybridized carbons (Fsp3) is 0.421. The topological polar surface area (TPSA) is 15.6 Å². The SMILES string of the molecule is C=C1C=C(C)c2cccc(/C=N/CCN(CC)CC)c2C1. The van der Waals surface area contributed by atoms with Crippen LogP contribution in [-0.4, -0.2) is 37.3 Å². The van der Waals surface area contributed by atoms with Gasteiger partial charge in [0.25, 0.3) is 0 Å². The van der Waals surface area contributed by atoms with Gasteiger partial charge in [0.15, 0.2) is 0 Å². The largest absolute Gasteiger partial charge is 0.302 e. The maximum Gasteiger partial charge on any atom is 0.0517 e. The minimum atomic E-state index is 0.862. The number of hydrogen-bond donors (Lipinski definition) is 0. The van der Waals surface area contributed by atoms with Crippen LogP contribution in [0.3, 0.4) is 0 Å². The molecule has 0 heterocycles. The second kappa shape index (κ2) is 7.37. The van der Waals surface area contributed by atoms with Gasteiger partial charge in [-0.25, -0.2) is 0 Å². The Morgan fingerprint density at radius 2 is 2.05 bits per heavy atom. The number of likely N-dealkylation sites (N-methyl/N-ethyl adjacent to an activating group) is 1. The monoisotopic (exact) mass is 282 g/mol. The fourth-order valence-electron chi connectivity index (χ4n) is 2.86. The second-order valence-corrected chi connectivity index (χ2v) is 5.60. The Labute approximate surface area is 128 Å². The van der Waals surface area contributed by atoms with E-state index in [2.05, 4.69) is 61.5 Å². The number of benzene rings is 1. The van der Waals surface area contributed by atoms with Gasteiger partial charge in [0.2, 0.25) is 0 Å². The zero-order valence-corrected chi connectivity index (χ0v) is 13.5. The predicted molar refractivity (Wildman–Crippen MR) is 93.2 cm³/mol. The van der Waals surface area contributed by atoms with Gasteiger partial charge < -0.3 is 4.90 Å². The first-order valence-corrected chi connectivity index (χ1v) is 7.86. The van der Waals surface area contributed by atoms with Crippen molar-refractivity contribution in [1.82, 2.24) is 4.90 Å². The van der Waals surface area contributed by atoms with Crippen molar-refractivity contribution in [2.24, 2.45) is 4.99 Å². The van der Waals surface area contributed by atoms with Crippen molar-refractivity contribution in [3.63, 3.8) is 0 Å². The molecule has 1 aliphatic rings. The summed E-state index contributed by atoms with van der Waals surface area (Å²) in [7, 11) is 0. The maximum atomic E-state index is 4.62. The van der Waals surface area contributed by atoms with Crippen LogP contribution in [-0.2, 0) is 6.42 Å². The van der Waals surface area contributed by atoms with Crippen molar-refractivity contribution in [1.29, 1.82) is 0 Å². The molecule has 0 radical (unpaired) electrons. The summed E-state index contributed by atoms with van der Waals surface area (Å²) in [4.78, 5) is 7.02. The summed E-state index contributed by atoms with van der Waals surface area (Å²) in [5.41, 5.74) is 6.44. The summed E-state index contributed by atoms with van der Waals surface area (Å²) < 4.78 is 0. The molecule has 0 saturated carbocycles. The van der Waals surface area contributed by atoms with Gasteiger partial charge in [-0.15, -0.1) is 0 Å². The molecule has 1 aliphatic carbocycles. The molecule has 21 heavy (non-hydrogen) atoms. The number of nitrogens with zero attached hydrogens (tertiary/aromatic N) is 2. The van der Waals surface area contributed by atoms with Crippen LogP contribution in [0.15, 0.2) is 41.4 Å². The first-order valence-electron chi connectivity index (χ1n) is 7.86. The van der Waals surface area contributed by atoms with E-state index in [1.807, 2.05) is 6.21 Å². The van der Waals surface area contributed by atoms with Crippen LogP contribution in [0, 0.1) is 0 Å². The smallest absolute Gasteiger partial charge is 0.0517 e. The second-order valence-electron chi connectivity index (χ2n) is 5.60. The highest BCUT2D eigenvalue weighted by Gasteiger charge is 2.13. The lowest BCUT2D eigenvalue weighted by atomic mass is 9.86. The van der Waals surface area contributed by atoms with E-state index < -0.39 is 0 Å². The molecule has 2 heteroatoms. The lowest BCUT2D eigenvalue weighted by molar-refractivity contribution is 0.313. The van der Waals surface area contributed by atoms with Gasteiger partial charge in [-0.05, 0) is 48.7 Å². The average Bonchev–Trinajstić information content (AvgIpc) is 2.48. The van der Waals surface area contributed by atoms with Crippen molar-refractivity contribution in [3.05, 3.63) is 53.1 Å². The Balaban J connectivity index is 2.10. The van der Waals surface area contributed by atoms with Gasteiger partial charge in [-0.3, -0.25) is 4.99 Å². The minimum absolute atomic E-state index is 0.862. The third kappa shape index (κ3) is 3.92. The average molecular weight is 282 g/mol.